The molecule has 7 nitrogen and oxygen atoms in total. The van der Waals surface area contributed by atoms with Crippen LogP contribution in [-0.2, 0) is 9.53 Å². The van der Waals surface area contributed by atoms with Gasteiger partial charge in [-0.2, -0.15) is 0 Å². The molecule has 1 aliphatic heterocycles. The van der Waals surface area contributed by atoms with E-state index in [1.54, 1.807) is 30.3 Å². The summed E-state index contributed by atoms with van der Waals surface area (Å²) >= 11 is 0. The number of carbonyl (C=O) groups excluding carboxylic acids is 4. The van der Waals surface area contributed by atoms with Gasteiger partial charge in [0.25, 0.3) is 17.7 Å². The van der Waals surface area contributed by atoms with Gasteiger partial charge in [-0.25, -0.2) is 14.1 Å². The Morgan fingerprint density at radius 3 is 2.16 bits per heavy atom. The first-order valence-corrected chi connectivity index (χ1v) is 9.20. The normalized spacial score (nSPS) is 13.6. The lowest BCUT2D eigenvalue weighted by Gasteiger charge is -2.15. The third kappa shape index (κ3) is 3.66. The van der Waals surface area contributed by atoms with Crippen molar-refractivity contribution in [3.05, 3.63) is 101 Å². The number of rotatable bonds is 5. The van der Waals surface area contributed by atoms with Crippen LogP contribution in [0.2, 0.25) is 0 Å². The smallest absolute Gasteiger partial charge is 0.339 e. The summed E-state index contributed by atoms with van der Waals surface area (Å²) in [6, 6.07) is 17.0. The number of esters is 1. The number of fused-ring (bicyclic) bond motifs is 1. The monoisotopic (exact) mass is 418 g/mol. The van der Waals surface area contributed by atoms with E-state index in [2.05, 4.69) is 0 Å². The number of carbonyl (C=O) groups is 4. The Hall–Kier alpha value is -4.33. The Labute approximate surface area is 175 Å². The molecule has 3 aromatic rings. The van der Waals surface area contributed by atoms with Gasteiger partial charge in [-0.1, -0.05) is 30.3 Å². The summed E-state index contributed by atoms with van der Waals surface area (Å²) in [5.74, 6) is -3.49. The first kappa shape index (κ1) is 20.0. The van der Waals surface area contributed by atoms with Gasteiger partial charge in [-0.3, -0.25) is 14.4 Å². The minimum absolute atomic E-state index is 0.000823. The molecule has 154 valence electrons. The van der Waals surface area contributed by atoms with Gasteiger partial charge in [-0.05, 0) is 42.5 Å². The fourth-order valence-corrected chi connectivity index (χ4v) is 3.29. The number of nitrogens with zero attached hydrogens (tertiary/aromatic N) is 1. The van der Waals surface area contributed by atoms with Gasteiger partial charge >= 0.3 is 5.97 Å². The Kier molecular flexibility index (Phi) is 5.04. The van der Waals surface area contributed by atoms with Crippen LogP contribution < -0.4 is 10.6 Å². The van der Waals surface area contributed by atoms with Crippen LogP contribution in [0.1, 0.15) is 42.7 Å². The first-order chi connectivity index (χ1) is 14.9. The largest absolute Gasteiger partial charge is 0.444 e. The van der Waals surface area contributed by atoms with Crippen LogP contribution in [0.4, 0.5) is 10.1 Å². The lowest BCUT2D eigenvalue weighted by atomic mass is 10.1. The van der Waals surface area contributed by atoms with E-state index in [1.165, 1.54) is 30.3 Å². The molecule has 0 spiro atoms. The van der Waals surface area contributed by atoms with E-state index >= 15 is 0 Å². The number of benzene rings is 3. The van der Waals surface area contributed by atoms with Crippen molar-refractivity contribution in [1.29, 1.82) is 0 Å². The molecule has 1 atom stereocenters. The van der Waals surface area contributed by atoms with Crippen molar-refractivity contribution in [3.8, 4) is 0 Å². The molecule has 1 aliphatic rings. The van der Waals surface area contributed by atoms with E-state index in [9.17, 15) is 23.6 Å². The van der Waals surface area contributed by atoms with Gasteiger partial charge in [0.05, 0.1) is 22.4 Å². The summed E-state index contributed by atoms with van der Waals surface area (Å²) in [6.07, 6.45) is -1.31. The molecule has 0 saturated carbocycles. The van der Waals surface area contributed by atoms with Crippen LogP contribution >= 0.6 is 0 Å². The van der Waals surface area contributed by atoms with Gasteiger partial charge in [0.15, 0.2) is 0 Å². The van der Waals surface area contributed by atoms with E-state index in [0.29, 0.717) is 5.56 Å². The molecular weight excluding hydrogens is 403 g/mol. The van der Waals surface area contributed by atoms with Crippen LogP contribution in [0.25, 0.3) is 0 Å². The number of hydrogen-bond acceptors (Lipinski definition) is 5. The predicted molar refractivity (Wildman–Crippen MR) is 108 cm³/mol. The lowest BCUT2D eigenvalue weighted by Crippen LogP contribution is -2.29. The predicted octanol–water partition coefficient (Wildman–Crippen LogP) is 3.01. The van der Waals surface area contributed by atoms with Gasteiger partial charge < -0.3 is 10.5 Å². The van der Waals surface area contributed by atoms with E-state index in [-0.39, 0.29) is 22.4 Å². The van der Waals surface area contributed by atoms with Crippen molar-refractivity contribution in [1.82, 2.24) is 0 Å². The van der Waals surface area contributed by atoms with Gasteiger partial charge in [-0.15, -0.1) is 0 Å². The van der Waals surface area contributed by atoms with Crippen molar-refractivity contribution in [2.24, 2.45) is 5.73 Å². The topological polar surface area (TPSA) is 107 Å². The summed E-state index contributed by atoms with van der Waals surface area (Å²) in [4.78, 5) is 50.8. The lowest BCUT2D eigenvalue weighted by molar-refractivity contribution is -0.127. The molecule has 31 heavy (non-hydrogen) atoms. The van der Waals surface area contributed by atoms with Crippen molar-refractivity contribution in [2.45, 2.75) is 6.10 Å². The minimum atomic E-state index is -1.31. The molecule has 1 unspecified atom stereocenters. The molecule has 0 aliphatic carbocycles. The summed E-state index contributed by atoms with van der Waals surface area (Å²) in [5.41, 5.74) is 6.05. The Balaban J connectivity index is 1.61. The van der Waals surface area contributed by atoms with E-state index < -0.39 is 35.6 Å². The molecule has 0 bridgehead atoms. The van der Waals surface area contributed by atoms with Crippen LogP contribution in [0.3, 0.4) is 0 Å². The number of anilines is 1. The fraction of sp³-hybridized carbons (Fsp3) is 0.0435. The molecular formula is C23H15FN2O5. The highest BCUT2D eigenvalue weighted by atomic mass is 19.1. The van der Waals surface area contributed by atoms with Gasteiger partial charge in [0, 0.05) is 5.56 Å². The maximum atomic E-state index is 13.2. The zero-order chi connectivity index (χ0) is 22.1. The second-order valence-electron chi connectivity index (χ2n) is 6.78. The number of amides is 3. The second-order valence-corrected chi connectivity index (χ2v) is 6.78. The third-order valence-electron chi connectivity index (χ3n) is 4.79. The van der Waals surface area contributed by atoms with Crippen LogP contribution in [0.5, 0.6) is 0 Å². The van der Waals surface area contributed by atoms with Crippen molar-refractivity contribution in [3.63, 3.8) is 0 Å². The maximum absolute atomic E-state index is 13.2. The highest BCUT2D eigenvalue weighted by Gasteiger charge is 2.37. The average Bonchev–Trinajstić information content (AvgIpc) is 3.02. The number of primary amides is 1. The zero-order valence-corrected chi connectivity index (χ0v) is 15.9. The molecule has 0 radical (unpaired) electrons. The standard InChI is InChI=1S/C23H15FN2O5/c24-15-7-9-16(10-8-15)26-21(28)17-11-6-14(12-18(17)22(26)29)23(30)31-19(20(25)27)13-4-2-1-3-5-13/h1-12,19H,(H2,25,27). The summed E-state index contributed by atoms with van der Waals surface area (Å²) in [5, 5.41) is 0. The maximum Gasteiger partial charge on any atom is 0.339 e. The summed E-state index contributed by atoms with van der Waals surface area (Å²) in [6.45, 7) is 0. The van der Waals surface area contributed by atoms with Crippen molar-refractivity contribution >= 4 is 29.4 Å². The molecule has 3 aromatic carbocycles. The first-order valence-electron chi connectivity index (χ1n) is 9.20. The van der Waals surface area contributed by atoms with Gasteiger partial charge in [0.2, 0.25) is 6.10 Å². The molecule has 0 fully saturated rings. The SMILES string of the molecule is NC(=O)C(OC(=O)c1ccc2c(c1)C(=O)N(c1ccc(F)cc1)C2=O)c1ccccc1. The molecule has 2 N–H and O–H groups in total. The summed E-state index contributed by atoms with van der Waals surface area (Å²) < 4.78 is 18.4. The summed E-state index contributed by atoms with van der Waals surface area (Å²) in [7, 11) is 0. The molecule has 0 aromatic heterocycles. The van der Waals surface area contributed by atoms with Crippen LogP contribution in [0, 0.1) is 5.82 Å². The molecule has 0 saturated heterocycles. The highest BCUT2D eigenvalue weighted by Crippen LogP contribution is 2.30. The number of hydrogen-bond donors (Lipinski definition) is 1. The Morgan fingerprint density at radius 1 is 0.871 bits per heavy atom. The number of imide groups is 1. The second kappa shape index (κ2) is 7.83. The molecule has 4 rings (SSSR count). The molecule has 1 heterocycles. The zero-order valence-electron chi connectivity index (χ0n) is 15.9. The van der Waals surface area contributed by atoms with Gasteiger partial charge in [0.1, 0.15) is 5.82 Å². The van der Waals surface area contributed by atoms with E-state index in [4.69, 9.17) is 10.5 Å². The third-order valence-corrected chi connectivity index (χ3v) is 4.79. The number of ether oxygens (including phenoxy) is 1. The quantitative estimate of drug-likeness (QED) is 0.506. The fourth-order valence-electron chi connectivity index (χ4n) is 3.29. The Bertz CT molecular complexity index is 1210. The average molecular weight is 418 g/mol. The number of halogens is 1. The number of nitrogens with two attached hydrogens (primary N) is 1. The van der Waals surface area contributed by atoms with E-state index in [0.717, 1.165) is 17.0 Å². The minimum Gasteiger partial charge on any atom is -0.444 e. The molecule has 3 amide bonds. The van der Waals surface area contributed by atoms with Crippen molar-refractivity contribution < 1.29 is 28.3 Å². The highest BCUT2D eigenvalue weighted by molar-refractivity contribution is 6.34. The van der Waals surface area contributed by atoms with E-state index in [1.807, 2.05) is 0 Å². The van der Waals surface area contributed by atoms with Crippen LogP contribution in [0.15, 0.2) is 72.8 Å². The molecule has 8 heteroatoms. The van der Waals surface area contributed by atoms with Crippen LogP contribution in [-0.4, -0.2) is 23.7 Å². The van der Waals surface area contributed by atoms with Crippen molar-refractivity contribution in [2.75, 3.05) is 4.90 Å². The Morgan fingerprint density at radius 2 is 1.52 bits per heavy atom.